The first-order chi connectivity index (χ1) is 5.74. The minimum atomic E-state index is 0.564. The lowest BCUT2D eigenvalue weighted by atomic mass is 10.4. The number of methoxy groups -OCH3 is 1. The van der Waals surface area contributed by atoms with Crippen LogP contribution in [0.3, 0.4) is 0 Å². The molecule has 1 N–H and O–H groups in total. The molecule has 1 aromatic rings. The van der Waals surface area contributed by atoms with Crippen LogP contribution < -0.4 is 0 Å². The van der Waals surface area contributed by atoms with Crippen LogP contribution in [-0.4, -0.2) is 17.1 Å². The topological polar surface area (TPSA) is 37.9 Å². The maximum atomic E-state index is 4.90. The molecular formula is C9H18N2O. The van der Waals surface area contributed by atoms with Gasteiger partial charge in [0.1, 0.15) is 12.4 Å². The number of rotatable bonds is 2. The van der Waals surface area contributed by atoms with Gasteiger partial charge in [-0.1, -0.05) is 13.8 Å². The second-order valence-corrected chi connectivity index (χ2v) is 2.33. The summed E-state index contributed by atoms with van der Waals surface area (Å²) in [5.74, 6) is 0.900. The van der Waals surface area contributed by atoms with E-state index in [1.165, 1.54) is 0 Å². The van der Waals surface area contributed by atoms with Gasteiger partial charge in [0.05, 0.1) is 5.69 Å². The predicted octanol–water partition coefficient (Wildman–Crippen LogP) is 2.20. The molecular weight excluding hydrogens is 152 g/mol. The van der Waals surface area contributed by atoms with Crippen molar-refractivity contribution in [3.63, 3.8) is 0 Å². The number of nitrogens with one attached hydrogen (secondary N) is 1. The summed E-state index contributed by atoms with van der Waals surface area (Å²) in [6.07, 6.45) is 0. The van der Waals surface area contributed by atoms with Crippen molar-refractivity contribution in [1.82, 2.24) is 9.97 Å². The molecule has 0 atom stereocenters. The molecule has 0 aliphatic rings. The van der Waals surface area contributed by atoms with Crippen molar-refractivity contribution in [1.29, 1.82) is 0 Å². The molecule has 0 unspecified atom stereocenters. The van der Waals surface area contributed by atoms with Gasteiger partial charge in [0.25, 0.3) is 0 Å². The average molecular weight is 170 g/mol. The van der Waals surface area contributed by atoms with Crippen molar-refractivity contribution in [2.24, 2.45) is 0 Å². The first-order valence-electron chi connectivity index (χ1n) is 4.25. The number of H-pyrrole nitrogens is 1. The lowest BCUT2D eigenvalue weighted by Gasteiger charge is -1.89. The molecule has 3 nitrogen and oxygen atoms in total. The van der Waals surface area contributed by atoms with Gasteiger partial charge in [-0.3, -0.25) is 0 Å². The summed E-state index contributed by atoms with van der Waals surface area (Å²) >= 11 is 0. The van der Waals surface area contributed by atoms with Crippen LogP contribution in [0.25, 0.3) is 0 Å². The van der Waals surface area contributed by atoms with Gasteiger partial charge in [-0.05, 0) is 13.8 Å². The van der Waals surface area contributed by atoms with Crippen molar-refractivity contribution in [2.45, 2.75) is 34.3 Å². The number of imidazole rings is 1. The van der Waals surface area contributed by atoms with Crippen LogP contribution in [-0.2, 0) is 11.3 Å². The minimum absolute atomic E-state index is 0.564. The predicted molar refractivity (Wildman–Crippen MR) is 50.1 cm³/mol. The molecule has 1 aromatic heterocycles. The molecule has 0 spiro atoms. The summed E-state index contributed by atoms with van der Waals surface area (Å²) in [6.45, 7) is 8.54. The number of hydrogen-bond acceptors (Lipinski definition) is 2. The van der Waals surface area contributed by atoms with Crippen LogP contribution in [0.1, 0.15) is 31.1 Å². The van der Waals surface area contributed by atoms with E-state index in [-0.39, 0.29) is 0 Å². The molecule has 0 radical (unpaired) electrons. The van der Waals surface area contributed by atoms with Gasteiger partial charge in [-0.2, -0.15) is 0 Å². The standard InChI is InChI=1S/C7H12N2O.C2H6/c1-5-6(2)9-7(8-5)4-10-3;1-2/h4H2,1-3H3,(H,8,9);1-2H3. The zero-order valence-corrected chi connectivity index (χ0v) is 8.56. The van der Waals surface area contributed by atoms with Gasteiger partial charge in [-0.15, -0.1) is 0 Å². The van der Waals surface area contributed by atoms with Crippen LogP contribution in [0, 0.1) is 13.8 Å². The molecule has 0 saturated carbocycles. The maximum Gasteiger partial charge on any atom is 0.132 e. The quantitative estimate of drug-likeness (QED) is 0.738. The van der Waals surface area contributed by atoms with Crippen LogP contribution in [0.2, 0.25) is 0 Å². The summed E-state index contributed by atoms with van der Waals surface area (Å²) in [6, 6.07) is 0. The molecule has 0 saturated heterocycles. The molecule has 0 aliphatic carbocycles. The number of aromatic nitrogens is 2. The molecule has 0 aromatic carbocycles. The van der Waals surface area contributed by atoms with Crippen molar-refractivity contribution in [3.05, 3.63) is 17.2 Å². The number of hydrogen-bond donors (Lipinski definition) is 1. The molecule has 3 heteroatoms. The van der Waals surface area contributed by atoms with Gasteiger partial charge >= 0.3 is 0 Å². The fourth-order valence-corrected chi connectivity index (χ4v) is 0.826. The molecule has 1 rings (SSSR count). The Hall–Kier alpha value is -0.830. The Bertz CT molecular complexity index is 199. The zero-order chi connectivity index (χ0) is 9.56. The summed E-state index contributed by atoms with van der Waals surface area (Å²) in [4.78, 5) is 7.33. The van der Waals surface area contributed by atoms with E-state index in [0.717, 1.165) is 17.2 Å². The van der Waals surface area contributed by atoms with Crippen molar-refractivity contribution < 1.29 is 4.74 Å². The molecule has 0 fully saturated rings. The number of aromatic amines is 1. The third kappa shape index (κ3) is 3.05. The Kier molecular flexibility index (Phi) is 5.37. The van der Waals surface area contributed by atoms with E-state index in [0.29, 0.717) is 6.61 Å². The molecule has 12 heavy (non-hydrogen) atoms. The van der Waals surface area contributed by atoms with E-state index in [1.807, 2.05) is 27.7 Å². The van der Waals surface area contributed by atoms with E-state index in [4.69, 9.17) is 4.74 Å². The third-order valence-corrected chi connectivity index (χ3v) is 1.46. The fourth-order valence-electron chi connectivity index (χ4n) is 0.826. The summed E-state index contributed by atoms with van der Waals surface area (Å²) in [7, 11) is 1.66. The summed E-state index contributed by atoms with van der Waals surface area (Å²) in [5, 5.41) is 0. The van der Waals surface area contributed by atoms with Gasteiger partial charge < -0.3 is 9.72 Å². The highest BCUT2D eigenvalue weighted by molar-refractivity contribution is 5.09. The highest BCUT2D eigenvalue weighted by Gasteiger charge is 1.99. The van der Waals surface area contributed by atoms with E-state index >= 15 is 0 Å². The highest BCUT2D eigenvalue weighted by atomic mass is 16.5. The van der Waals surface area contributed by atoms with E-state index in [2.05, 4.69) is 9.97 Å². The monoisotopic (exact) mass is 170 g/mol. The van der Waals surface area contributed by atoms with Crippen LogP contribution in [0.4, 0.5) is 0 Å². The van der Waals surface area contributed by atoms with Crippen LogP contribution >= 0.6 is 0 Å². The van der Waals surface area contributed by atoms with E-state index < -0.39 is 0 Å². The Morgan fingerprint density at radius 2 is 1.92 bits per heavy atom. The molecule has 0 aliphatic heterocycles. The second kappa shape index (κ2) is 5.77. The third-order valence-electron chi connectivity index (χ3n) is 1.46. The molecule has 0 bridgehead atoms. The zero-order valence-electron chi connectivity index (χ0n) is 8.56. The van der Waals surface area contributed by atoms with Crippen molar-refractivity contribution >= 4 is 0 Å². The Morgan fingerprint density at radius 1 is 1.33 bits per heavy atom. The first kappa shape index (κ1) is 11.2. The Balaban J connectivity index is 0.000000561. The minimum Gasteiger partial charge on any atom is -0.377 e. The number of aryl methyl sites for hydroxylation is 2. The van der Waals surface area contributed by atoms with Crippen molar-refractivity contribution in [2.75, 3.05) is 7.11 Å². The second-order valence-electron chi connectivity index (χ2n) is 2.33. The van der Waals surface area contributed by atoms with Gasteiger partial charge in [0, 0.05) is 12.8 Å². The normalized spacial score (nSPS) is 9.08. The van der Waals surface area contributed by atoms with Gasteiger partial charge in [0.2, 0.25) is 0 Å². The maximum absolute atomic E-state index is 4.90. The highest BCUT2D eigenvalue weighted by Crippen LogP contribution is 2.02. The lowest BCUT2D eigenvalue weighted by Crippen LogP contribution is -1.89. The number of nitrogens with zero attached hydrogens (tertiary/aromatic N) is 1. The molecule has 0 amide bonds. The number of ether oxygens (including phenoxy) is 1. The lowest BCUT2D eigenvalue weighted by molar-refractivity contribution is 0.178. The molecule has 1 heterocycles. The Labute approximate surface area is 74.2 Å². The van der Waals surface area contributed by atoms with Crippen LogP contribution in [0.5, 0.6) is 0 Å². The van der Waals surface area contributed by atoms with Crippen molar-refractivity contribution in [3.8, 4) is 0 Å². The van der Waals surface area contributed by atoms with E-state index in [9.17, 15) is 0 Å². The van der Waals surface area contributed by atoms with Gasteiger partial charge in [-0.25, -0.2) is 4.98 Å². The SMILES string of the molecule is CC.COCc1nc(C)c(C)[nH]1. The first-order valence-corrected chi connectivity index (χ1v) is 4.25. The largest absolute Gasteiger partial charge is 0.377 e. The van der Waals surface area contributed by atoms with Gasteiger partial charge in [0.15, 0.2) is 0 Å². The van der Waals surface area contributed by atoms with E-state index in [1.54, 1.807) is 7.11 Å². The smallest absolute Gasteiger partial charge is 0.132 e. The summed E-state index contributed by atoms with van der Waals surface area (Å²) in [5.41, 5.74) is 2.17. The average Bonchev–Trinajstić information content (AvgIpc) is 2.36. The fraction of sp³-hybridized carbons (Fsp3) is 0.667. The molecule has 70 valence electrons. The summed E-state index contributed by atoms with van der Waals surface area (Å²) < 4.78 is 4.90. The van der Waals surface area contributed by atoms with Crippen LogP contribution in [0.15, 0.2) is 0 Å². The Morgan fingerprint density at radius 3 is 2.25 bits per heavy atom.